The second-order valence-electron chi connectivity index (χ2n) is 20.3. The maximum absolute atomic E-state index is 14.1. The number of carbonyl (C=O) groups is 9. The van der Waals surface area contributed by atoms with Crippen molar-refractivity contribution in [1.29, 1.82) is 0 Å². The molecule has 510 valence electrons. The summed E-state index contributed by atoms with van der Waals surface area (Å²) in [6.45, 7) is 5.60. The minimum absolute atomic E-state index is 0.406. The minimum atomic E-state index is -2.04. The molecule has 25 atom stereocenters. The molecule has 0 amide bonds. The summed E-state index contributed by atoms with van der Waals surface area (Å²) in [7, 11) is 10.5. The number of nitrogens with zero attached hydrogens (tertiary/aromatic N) is 3. The molecule has 5 aliphatic heterocycles. The van der Waals surface area contributed by atoms with Gasteiger partial charge >= 0.3 is 53.7 Å². The first kappa shape index (κ1) is 74.6. The number of hydrogen-bond donors (Lipinski definition) is 0. The van der Waals surface area contributed by atoms with Gasteiger partial charge in [0.1, 0.15) is 99.1 Å². The van der Waals surface area contributed by atoms with Crippen molar-refractivity contribution in [2.45, 2.75) is 202 Å². The molecule has 10 unspecified atom stereocenters. The highest BCUT2D eigenvalue weighted by atomic mass is 16.8. The molecular weight excluding hydrogens is 1220 g/mol. The fourth-order valence-electron chi connectivity index (χ4n) is 10.8. The predicted molar refractivity (Wildman–Crippen MR) is 284 cm³/mol. The van der Waals surface area contributed by atoms with Gasteiger partial charge in [-0.1, -0.05) is 5.11 Å². The van der Waals surface area contributed by atoms with E-state index < -0.39 is 227 Å². The number of ether oxygens (including phenoxy) is 25. The molecule has 5 heterocycles. The van der Waals surface area contributed by atoms with Crippen LogP contribution < -0.4 is 0 Å². The molecule has 5 fully saturated rings. The Hall–Kier alpha value is -6.10. The van der Waals surface area contributed by atoms with Crippen LogP contribution in [0.3, 0.4) is 0 Å². The highest BCUT2D eigenvalue weighted by molar-refractivity contribution is 5.76. The maximum atomic E-state index is 14.1. The van der Waals surface area contributed by atoms with E-state index in [2.05, 4.69) is 10.0 Å². The standard InChI is InChI=1S/C53H79N3O34/c1-20(57)75-17-27-31(66-8)34(67-9)30(55-56-54)49(82-27)87-39-35(68-10)43(70-12)51(89-41(39)47(64)72-14)86-33-29(19-77-22(3)59)84-53(46(81-26(7)63)38(33)79-24(5)61)88-40-36(69-11)44(71-13)52(90-42(40)48(65)73-15)85-32-28(18-76-21(2)58)83-50(74-16)45(80-25(6)62)37(32)78-23(4)60/h27-46,49-53H,17-19H2,1-16H3/t27?,28?,29-,30?,31+,32+,33-,34-,35+,36?,37+,38?,39-,40+,41?,42-,43?,44?,45?,46?,49+,50-,51-,52+,53-/m1/s1. The quantitative estimate of drug-likeness (QED) is 0.0278. The molecule has 5 rings (SSSR count). The van der Waals surface area contributed by atoms with E-state index >= 15 is 0 Å². The number of methoxy groups -OCH3 is 9. The number of azide groups is 1. The minimum Gasteiger partial charge on any atom is -0.467 e. The summed E-state index contributed by atoms with van der Waals surface area (Å²) in [6.07, 6.45) is -39.1. The lowest BCUT2D eigenvalue weighted by Crippen LogP contribution is -2.70. The Labute approximate surface area is 515 Å². The molecule has 5 saturated heterocycles. The Morgan fingerprint density at radius 2 is 0.644 bits per heavy atom. The van der Waals surface area contributed by atoms with Gasteiger partial charge in [0, 0.05) is 103 Å². The summed E-state index contributed by atoms with van der Waals surface area (Å²) in [4.78, 5) is 120. The number of rotatable bonds is 28. The van der Waals surface area contributed by atoms with Gasteiger partial charge in [-0.2, -0.15) is 0 Å². The highest BCUT2D eigenvalue weighted by Gasteiger charge is 2.62. The Morgan fingerprint density at radius 3 is 0.978 bits per heavy atom. The zero-order valence-corrected chi connectivity index (χ0v) is 52.3. The van der Waals surface area contributed by atoms with Crippen LogP contribution in [0.25, 0.3) is 10.4 Å². The lowest BCUT2D eigenvalue weighted by molar-refractivity contribution is -0.390. The molecule has 0 radical (unpaired) electrons. The molecule has 0 spiro atoms. The first-order valence-electron chi connectivity index (χ1n) is 27.7. The monoisotopic (exact) mass is 1300 g/mol. The molecule has 0 aliphatic carbocycles. The second kappa shape index (κ2) is 35.1. The molecule has 0 bridgehead atoms. The molecule has 0 aromatic carbocycles. The lowest BCUT2D eigenvalue weighted by Gasteiger charge is -2.51. The first-order valence-corrected chi connectivity index (χ1v) is 27.7. The van der Waals surface area contributed by atoms with Crippen molar-refractivity contribution in [3.63, 3.8) is 0 Å². The number of hydrogen-bond acceptors (Lipinski definition) is 35. The second-order valence-corrected chi connectivity index (χ2v) is 20.3. The van der Waals surface area contributed by atoms with Crippen molar-refractivity contribution in [3.05, 3.63) is 10.4 Å². The van der Waals surface area contributed by atoms with Crippen molar-refractivity contribution < 1.29 is 162 Å². The molecule has 0 N–H and O–H groups in total. The average Bonchev–Trinajstić information content (AvgIpc) is 1.38. The van der Waals surface area contributed by atoms with E-state index in [1.807, 2.05) is 0 Å². The van der Waals surface area contributed by atoms with E-state index in [0.29, 0.717) is 0 Å². The van der Waals surface area contributed by atoms with Crippen LogP contribution in [-0.2, 0) is 162 Å². The molecule has 37 nitrogen and oxygen atoms in total. The highest BCUT2D eigenvalue weighted by Crippen LogP contribution is 2.41. The lowest BCUT2D eigenvalue weighted by atomic mass is 9.94. The summed E-state index contributed by atoms with van der Waals surface area (Å²) >= 11 is 0. The number of esters is 9. The Balaban J connectivity index is 1.59. The van der Waals surface area contributed by atoms with Crippen LogP contribution >= 0.6 is 0 Å². The Morgan fingerprint density at radius 1 is 0.333 bits per heavy atom. The predicted octanol–water partition coefficient (Wildman–Crippen LogP) is -1.67. The van der Waals surface area contributed by atoms with Crippen molar-refractivity contribution in [2.24, 2.45) is 5.11 Å². The van der Waals surface area contributed by atoms with E-state index in [0.717, 1.165) is 69.8 Å². The van der Waals surface area contributed by atoms with Crippen LogP contribution in [0.4, 0.5) is 0 Å². The molecule has 0 saturated carbocycles. The van der Waals surface area contributed by atoms with E-state index in [4.69, 9.17) is 118 Å². The Kier molecular flexibility index (Phi) is 29.1. The summed E-state index contributed by atoms with van der Waals surface area (Å²) in [6, 6.07) is -1.38. The third-order valence-corrected chi connectivity index (χ3v) is 14.4. The average molecular weight is 1300 g/mol. The van der Waals surface area contributed by atoms with Crippen molar-refractivity contribution in [1.82, 2.24) is 0 Å². The van der Waals surface area contributed by atoms with Crippen LogP contribution in [0.2, 0.25) is 0 Å². The van der Waals surface area contributed by atoms with Crippen molar-refractivity contribution >= 4 is 53.7 Å². The Bertz CT molecular complexity index is 2490. The molecule has 0 aromatic rings. The van der Waals surface area contributed by atoms with E-state index in [-0.39, 0.29) is 0 Å². The SMILES string of the molecule is COC(=O)C1O[C@@H](O[C@H]2C(OC(C)=O)C(OC(C)=O)[C@@H](O[C@H]3C(OC)C(OC)[C@@H](O[C@H]4C(COC(C)=O)O[C@@H](OC)C(OC(C)=O)[C@H]4OC(C)=O)O[C@H]3C(=O)OC)O[C@@H]2COC(C)=O)C(OC)[C@@H](OC)[C@H]1O[C@@H]1OC(COC(C)=O)[C@H](OC)[C@H](OC)C1N=[N+]=[N-]. The van der Waals surface area contributed by atoms with Gasteiger partial charge in [0.2, 0.25) is 0 Å². The van der Waals surface area contributed by atoms with Gasteiger partial charge in [0.25, 0.3) is 0 Å². The molecule has 0 aromatic heterocycles. The van der Waals surface area contributed by atoms with Crippen molar-refractivity contribution in [2.75, 3.05) is 83.8 Å². The smallest absolute Gasteiger partial charge is 0.337 e. The van der Waals surface area contributed by atoms with E-state index in [1.54, 1.807) is 0 Å². The van der Waals surface area contributed by atoms with Crippen LogP contribution in [0, 0.1) is 0 Å². The van der Waals surface area contributed by atoms with Gasteiger partial charge in [-0.3, -0.25) is 33.6 Å². The van der Waals surface area contributed by atoms with E-state index in [9.17, 15) is 48.7 Å². The fraction of sp³-hybridized carbons (Fsp3) is 0.830. The van der Waals surface area contributed by atoms with Crippen LogP contribution in [-0.4, -0.2) is 291 Å². The summed E-state index contributed by atoms with van der Waals surface area (Å²) in [5.41, 5.74) is 9.72. The molecule has 37 heteroatoms. The maximum Gasteiger partial charge on any atom is 0.337 e. The topological polar surface area (TPSA) is 433 Å². The van der Waals surface area contributed by atoms with Crippen LogP contribution in [0.5, 0.6) is 0 Å². The van der Waals surface area contributed by atoms with Gasteiger partial charge in [-0.15, -0.1) is 0 Å². The van der Waals surface area contributed by atoms with E-state index in [1.165, 1.54) is 42.7 Å². The normalized spacial score (nSPS) is 36.7. The molecule has 5 aliphatic rings. The van der Waals surface area contributed by atoms with Gasteiger partial charge < -0.3 is 118 Å². The van der Waals surface area contributed by atoms with Gasteiger partial charge in [-0.25, -0.2) is 9.59 Å². The van der Waals surface area contributed by atoms with Crippen LogP contribution in [0.1, 0.15) is 48.5 Å². The van der Waals surface area contributed by atoms with Gasteiger partial charge in [-0.05, 0) is 5.53 Å². The fourth-order valence-corrected chi connectivity index (χ4v) is 10.8. The molecular formula is C53H79N3O34. The van der Waals surface area contributed by atoms with Crippen LogP contribution in [0.15, 0.2) is 5.11 Å². The zero-order chi connectivity index (χ0) is 66.8. The summed E-state index contributed by atoms with van der Waals surface area (Å²) in [5.74, 6) is -8.50. The molecule has 90 heavy (non-hydrogen) atoms. The first-order chi connectivity index (χ1) is 42.8. The third kappa shape index (κ3) is 18.6. The zero-order valence-electron chi connectivity index (χ0n) is 52.3. The summed E-state index contributed by atoms with van der Waals surface area (Å²) in [5, 5.41) is 3.85. The van der Waals surface area contributed by atoms with Crippen molar-refractivity contribution in [3.8, 4) is 0 Å². The summed E-state index contributed by atoms with van der Waals surface area (Å²) < 4.78 is 147. The largest absolute Gasteiger partial charge is 0.467 e. The third-order valence-electron chi connectivity index (χ3n) is 14.4. The van der Waals surface area contributed by atoms with Gasteiger partial charge in [0.05, 0.1) is 20.3 Å². The number of carbonyl (C=O) groups excluding carboxylic acids is 9. The van der Waals surface area contributed by atoms with Gasteiger partial charge in [0.15, 0.2) is 68.1 Å².